The minimum absolute atomic E-state index is 0.0692. The lowest BCUT2D eigenvalue weighted by Crippen LogP contribution is -2.10. The first kappa shape index (κ1) is 11.6. The highest BCUT2D eigenvalue weighted by molar-refractivity contribution is 7.86. The largest absolute Gasteiger partial charge is 0.371 e. The van der Waals surface area contributed by atoms with Crippen LogP contribution in [-0.4, -0.2) is 27.7 Å². The summed E-state index contributed by atoms with van der Waals surface area (Å²) in [6, 6.07) is 12.6. The second-order valence-corrected chi connectivity index (χ2v) is 5.82. The van der Waals surface area contributed by atoms with Crippen LogP contribution in [-0.2, 0) is 19.0 Å². The van der Waals surface area contributed by atoms with Crippen molar-refractivity contribution in [2.45, 2.75) is 11.0 Å². The van der Waals surface area contributed by atoms with E-state index in [0.717, 1.165) is 10.8 Å². The average Bonchev–Trinajstić information content (AvgIpc) is 3.20. The average molecular weight is 264 g/mol. The van der Waals surface area contributed by atoms with Gasteiger partial charge in [-0.25, -0.2) is 0 Å². The van der Waals surface area contributed by atoms with Gasteiger partial charge in [-0.05, 0) is 22.9 Å². The van der Waals surface area contributed by atoms with Gasteiger partial charge in [-0.15, -0.1) is 0 Å². The second kappa shape index (κ2) is 4.35. The summed E-state index contributed by atoms with van der Waals surface area (Å²) in [5.74, 6) is 0. The van der Waals surface area contributed by atoms with Crippen LogP contribution in [0.5, 0.6) is 0 Å². The Morgan fingerprint density at radius 3 is 2.61 bits per heavy atom. The highest BCUT2D eigenvalue weighted by Crippen LogP contribution is 2.21. The number of epoxide rings is 1. The molecule has 3 rings (SSSR count). The van der Waals surface area contributed by atoms with E-state index in [2.05, 4.69) is 0 Å². The lowest BCUT2D eigenvalue weighted by molar-refractivity contribution is 0.266. The fraction of sp³-hybridized carbons (Fsp3) is 0.231. The maximum atomic E-state index is 11.9. The normalized spacial score (nSPS) is 19.0. The molecule has 1 heterocycles. The molecule has 0 N–H and O–H groups in total. The summed E-state index contributed by atoms with van der Waals surface area (Å²) < 4.78 is 33.7. The summed E-state index contributed by atoms with van der Waals surface area (Å²) in [4.78, 5) is 0.182. The van der Waals surface area contributed by atoms with Crippen LogP contribution >= 0.6 is 0 Å². The first-order valence-corrected chi connectivity index (χ1v) is 7.06. The van der Waals surface area contributed by atoms with E-state index in [0.29, 0.717) is 6.61 Å². The number of benzene rings is 2. The molecule has 1 unspecified atom stereocenters. The summed E-state index contributed by atoms with van der Waals surface area (Å²) in [5, 5.41) is 1.88. The lowest BCUT2D eigenvalue weighted by atomic mass is 10.1. The van der Waals surface area contributed by atoms with Gasteiger partial charge in [0.25, 0.3) is 10.1 Å². The van der Waals surface area contributed by atoms with Crippen LogP contribution in [0.2, 0.25) is 0 Å². The van der Waals surface area contributed by atoms with Crippen molar-refractivity contribution in [3.8, 4) is 0 Å². The minimum atomic E-state index is -3.69. The van der Waals surface area contributed by atoms with Gasteiger partial charge < -0.3 is 4.74 Å². The molecule has 1 aliphatic heterocycles. The molecular formula is C13H12O4S. The molecule has 1 fully saturated rings. The Morgan fingerprint density at radius 1 is 1.17 bits per heavy atom. The van der Waals surface area contributed by atoms with Crippen molar-refractivity contribution in [3.05, 3.63) is 42.5 Å². The fourth-order valence-corrected chi connectivity index (χ4v) is 2.69. The summed E-state index contributed by atoms with van der Waals surface area (Å²) in [6.07, 6.45) is -0.0692. The summed E-state index contributed by atoms with van der Waals surface area (Å²) in [6.45, 7) is 0.669. The smallest absolute Gasteiger partial charge is 0.297 e. The molecule has 2 aromatic rings. The second-order valence-electron chi connectivity index (χ2n) is 4.20. The Kier molecular flexibility index (Phi) is 2.81. The van der Waals surface area contributed by atoms with Crippen LogP contribution < -0.4 is 0 Å². The van der Waals surface area contributed by atoms with Crippen molar-refractivity contribution in [1.29, 1.82) is 0 Å². The van der Waals surface area contributed by atoms with Gasteiger partial charge in [0, 0.05) is 0 Å². The first-order valence-electron chi connectivity index (χ1n) is 5.65. The molecule has 18 heavy (non-hydrogen) atoms. The molecule has 2 aromatic carbocycles. The molecule has 94 valence electrons. The zero-order chi connectivity index (χ0) is 12.6. The first-order chi connectivity index (χ1) is 8.65. The van der Waals surface area contributed by atoms with Crippen LogP contribution in [0, 0.1) is 0 Å². The van der Waals surface area contributed by atoms with E-state index < -0.39 is 10.1 Å². The number of hydrogen-bond donors (Lipinski definition) is 0. The van der Waals surface area contributed by atoms with Crippen molar-refractivity contribution >= 4 is 20.9 Å². The van der Waals surface area contributed by atoms with Crippen LogP contribution in [0.3, 0.4) is 0 Å². The minimum Gasteiger partial charge on any atom is -0.371 e. The molecule has 0 radical (unpaired) electrons. The molecule has 0 aliphatic carbocycles. The SMILES string of the molecule is O=S(=O)(OCC1CO1)c1ccc2ccccc2c1. The van der Waals surface area contributed by atoms with Crippen LogP contribution in [0.25, 0.3) is 10.8 Å². The van der Waals surface area contributed by atoms with Crippen LogP contribution in [0.4, 0.5) is 0 Å². The molecule has 0 saturated carbocycles. The van der Waals surface area contributed by atoms with Gasteiger partial charge in [0.1, 0.15) is 6.10 Å². The third-order valence-corrected chi connectivity index (χ3v) is 4.10. The van der Waals surface area contributed by atoms with Crippen molar-refractivity contribution in [2.24, 2.45) is 0 Å². The molecule has 0 bridgehead atoms. The molecule has 1 aliphatic rings. The number of hydrogen-bond acceptors (Lipinski definition) is 4. The Labute approximate surface area is 105 Å². The van der Waals surface area contributed by atoms with E-state index in [1.807, 2.05) is 24.3 Å². The number of ether oxygens (including phenoxy) is 1. The van der Waals surface area contributed by atoms with E-state index in [9.17, 15) is 8.42 Å². The topological polar surface area (TPSA) is 55.9 Å². The number of fused-ring (bicyclic) bond motifs is 1. The molecule has 1 saturated heterocycles. The summed E-state index contributed by atoms with van der Waals surface area (Å²) in [5.41, 5.74) is 0. The molecule has 0 spiro atoms. The zero-order valence-electron chi connectivity index (χ0n) is 9.57. The quantitative estimate of drug-likeness (QED) is 0.625. The van der Waals surface area contributed by atoms with Gasteiger partial charge in [0.05, 0.1) is 18.1 Å². The van der Waals surface area contributed by atoms with E-state index in [4.69, 9.17) is 8.92 Å². The summed E-state index contributed by atoms with van der Waals surface area (Å²) in [7, 11) is -3.69. The van der Waals surface area contributed by atoms with Crippen LogP contribution in [0.15, 0.2) is 47.4 Å². The fourth-order valence-electron chi connectivity index (χ4n) is 1.72. The predicted octanol–water partition coefficient (Wildman–Crippen LogP) is 1.94. The number of rotatable bonds is 4. The van der Waals surface area contributed by atoms with Crippen molar-refractivity contribution in [3.63, 3.8) is 0 Å². The van der Waals surface area contributed by atoms with Gasteiger partial charge >= 0.3 is 0 Å². The maximum absolute atomic E-state index is 11.9. The monoisotopic (exact) mass is 264 g/mol. The van der Waals surface area contributed by atoms with Crippen molar-refractivity contribution < 1.29 is 17.3 Å². The van der Waals surface area contributed by atoms with E-state index in [1.165, 1.54) is 0 Å². The van der Waals surface area contributed by atoms with Gasteiger partial charge in [-0.1, -0.05) is 30.3 Å². The van der Waals surface area contributed by atoms with Gasteiger partial charge in [-0.3, -0.25) is 4.18 Å². The maximum Gasteiger partial charge on any atom is 0.297 e. The highest BCUT2D eigenvalue weighted by atomic mass is 32.2. The lowest BCUT2D eigenvalue weighted by Gasteiger charge is -2.05. The van der Waals surface area contributed by atoms with Crippen molar-refractivity contribution in [2.75, 3.05) is 13.2 Å². The van der Waals surface area contributed by atoms with Gasteiger partial charge in [0.15, 0.2) is 0 Å². The van der Waals surface area contributed by atoms with Crippen molar-refractivity contribution in [1.82, 2.24) is 0 Å². The molecule has 0 aromatic heterocycles. The molecule has 1 atom stereocenters. The van der Waals surface area contributed by atoms with E-state index in [-0.39, 0.29) is 17.6 Å². The molecule has 5 heteroatoms. The Hall–Kier alpha value is -1.43. The van der Waals surface area contributed by atoms with Gasteiger partial charge in [0.2, 0.25) is 0 Å². The van der Waals surface area contributed by atoms with E-state index in [1.54, 1.807) is 18.2 Å². The Bertz CT molecular complexity index is 674. The zero-order valence-corrected chi connectivity index (χ0v) is 10.4. The Morgan fingerprint density at radius 2 is 1.89 bits per heavy atom. The third kappa shape index (κ3) is 2.38. The highest BCUT2D eigenvalue weighted by Gasteiger charge is 2.26. The molecule has 4 nitrogen and oxygen atoms in total. The van der Waals surface area contributed by atoms with E-state index >= 15 is 0 Å². The standard InChI is InChI=1S/C13H12O4S/c14-18(15,17-9-12-8-16-12)13-6-5-10-3-1-2-4-11(10)7-13/h1-7,12H,8-9H2. The molecular weight excluding hydrogens is 252 g/mol. The predicted molar refractivity (Wildman–Crippen MR) is 66.8 cm³/mol. The Balaban J connectivity index is 1.92. The van der Waals surface area contributed by atoms with Crippen LogP contribution in [0.1, 0.15) is 0 Å². The van der Waals surface area contributed by atoms with Gasteiger partial charge in [-0.2, -0.15) is 8.42 Å². The summed E-state index contributed by atoms with van der Waals surface area (Å²) >= 11 is 0. The third-order valence-electron chi connectivity index (χ3n) is 2.82. The molecule has 0 amide bonds.